The van der Waals surface area contributed by atoms with Crippen molar-refractivity contribution in [2.75, 3.05) is 0 Å². The maximum atomic E-state index is 11.2. The molecule has 2 aromatic carbocycles. The Hall–Kier alpha value is -2.49. The van der Waals surface area contributed by atoms with E-state index in [1.54, 1.807) is 6.07 Å². The largest absolute Gasteiger partial charge is 0.491 e. The molecule has 0 fully saturated rings. The van der Waals surface area contributed by atoms with E-state index in [1.165, 1.54) is 18.6 Å². The van der Waals surface area contributed by atoms with Crippen LogP contribution in [-0.4, -0.2) is 17.2 Å². The number of carbonyl (C=O) groups is 1. The van der Waals surface area contributed by atoms with E-state index >= 15 is 0 Å². The lowest BCUT2D eigenvalue weighted by Gasteiger charge is -2.13. The van der Waals surface area contributed by atoms with Crippen LogP contribution in [-0.2, 0) is 6.61 Å². The van der Waals surface area contributed by atoms with Crippen LogP contribution in [0.5, 0.6) is 11.5 Å². The summed E-state index contributed by atoms with van der Waals surface area (Å²) >= 11 is 0. The van der Waals surface area contributed by atoms with Gasteiger partial charge in [-0.2, -0.15) is 0 Å². The van der Waals surface area contributed by atoms with Crippen LogP contribution in [0.2, 0.25) is 0 Å². The summed E-state index contributed by atoms with van der Waals surface area (Å²) in [5.74, 6) is -0.0314. The maximum absolute atomic E-state index is 11.2. The highest BCUT2D eigenvalue weighted by atomic mass is 16.5. The Labute approximate surface area is 144 Å². The third-order valence-corrected chi connectivity index (χ3v) is 2.75. The van der Waals surface area contributed by atoms with Crippen LogP contribution in [0.25, 0.3) is 0 Å². The molecular weight excluding hydrogens is 304 g/mol. The summed E-state index contributed by atoms with van der Waals surface area (Å²) in [7, 11) is 0. The molecule has 0 atom stereocenters. The van der Waals surface area contributed by atoms with Gasteiger partial charge in [0, 0.05) is 6.07 Å². The highest BCUT2D eigenvalue weighted by Gasteiger charge is 2.10. The molecule has 0 saturated carbocycles. The van der Waals surface area contributed by atoms with Crippen molar-refractivity contribution in [3.63, 3.8) is 0 Å². The first kappa shape index (κ1) is 19.6. The van der Waals surface area contributed by atoms with Crippen LogP contribution >= 0.6 is 0 Å². The number of rotatable bonds is 6. The molecule has 0 heterocycles. The predicted molar refractivity (Wildman–Crippen MR) is 95.9 cm³/mol. The summed E-state index contributed by atoms with van der Waals surface area (Å²) in [6, 6.07) is 14.4. The Morgan fingerprint density at radius 1 is 1.04 bits per heavy atom. The minimum absolute atomic E-state index is 0.0315. The van der Waals surface area contributed by atoms with Gasteiger partial charge in [0.05, 0.1) is 11.7 Å². The molecule has 0 aromatic heterocycles. The lowest BCUT2D eigenvalue weighted by molar-refractivity contribution is 0.0695. The minimum atomic E-state index is -1.01. The lowest BCUT2D eigenvalue weighted by atomic mass is 10.2. The quantitative estimate of drug-likeness (QED) is 0.794. The summed E-state index contributed by atoms with van der Waals surface area (Å²) < 4.78 is 11.2. The standard InChI is InChI=1S/C17H18O4.C3H8/c1-12(2)21-16-9-14(17(18)19)8-15(10-16)20-11-13-6-4-3-5-7-13;1-3-2/h3-10,12H,11H2,1-2H3,(H,18,19);3H2,1-2H3. The van der Waals surface area contributed by atoms with Gasteiger partial charge in [-0.25, -0.2) is 4.79 Å². The molecule has 0 radical (unpaired) electrons. The lowest BCUT2D eigenvalue weighted by Crippen LogP contribution is -2.07. The molecule has 0 aliphatic heterocycles. The zero-order chi connectivity index (χ0) is 17.9. The highest BCUT2D eigenvalue weighted by molar-refractivity contribution is 5.88. The molecule has 2 aromatic rings. The van der Waals surface area contributed by atoms with E-state index in [0.717, 1.165) is 5.56 Å². The summed E-state index contributed by atoms with van der Waals surface area (Å²) in [5, 5.41) is 9.14. The maximum Gasteiger partial charge on any atom is 0.335 e. The molecule has 4 nitrogen and oxygen atoms in total. The zero-order valence-corrected chi connectivity index (χ0v) is 14.8. The van der Waals surface area contributed by atoms with Crippen molar-refractivity contribution < 1.29 is 19.4 Å². The van der Waals surface area contributed by atoms with Crippen molar-refractivity contribution in [1.29, 1.82) is 0 Å². The second-order valence-corrected chi connectivity index (χ2v) is 5.65. The molecule has 0 aliphatic carbocycles. The molecule has 2 rings (SSSR count). The second kappa shape index (κ2) is 10.3. The topological polar surface area (TPSA) is 55.8 Å². The first-order chi connectivity index (χ1) is 11.5. The number of hydrogen-bond acceptors (Lipinski definition) is 3. The summed E-state index contributed by atoms with van der Waals surface area (Å²) in [4.78, 5) is 11.2. The van der Waals surface area contributed by atoms with Gasteiger partial charge in [0.1, 0.15) is 18.1 Å². The molecular formula is C20H26O4. The van der Waals surface area contributed by atoms with Crippen LogP contribution in [0.15, 0.2) is 48.5 Å². The monoisotopic (exact) mass is 330 g/mol. The molecule has 0 saturated heterocycles. The van der Waals surface area contributed by atoms with Gasteiger partial charge in [0.25, 0.3) is 0 Å². The van der Waals surface area contributed by atoms with Crippen molar-refractivity contribution in [1.82, 2.24) is 0 Å². The van der Waals surface area contributed by atoms with Crippen LogP contribution in [0, 0.1) is 0 Å². The van der Waals surface area contributed by atoms with E-state index in [2.05, 4.69) is 13.8 Å². The summed E-state index contributed by atoms with van der Waals surface area (Å²) in [5.41, 5.74) is 1.17. The zero-order valence-electron chi connectivity index (χ0n) is 14.8. The molecule has 0 unspecified atom stereocenters. The van der Waals surface area contributed by atoms with Gasteiger partial charge in [0.2, 0.25) is 0 Å². The van der Waals surface area contributed by atoms with Crippen molar-refractivity contribution in [2.24, 2.45) is 0 Å². The van der Waals surface area contributed by atoms with Gasteiger partial charge < -0.3 is 14.6 Å². The summed E-state index contributed by atoms with van der Waals surface area (Å²) in [6.45, 7) is 8.40. The van der Waals surface area contributed by atoms with Gasteiger partial charge in [-0.15, -0.1) is 0 Å². The van der Waals surface area contributed by atoms with E-state index in [1.807, 2.05) is 44.2 Å². The smallest absolute Gasteiger partial charge is 0.335 e. The van der Waals surface area contributed by atoms with Crippen molar-refractivity contribution in [3.8, 4) is 11.5 Å². The average molecular weight is 330 g/mol. The van der Waals surface area contributed by atoms with Gasteiger partial charge in [-0.1, -0.05) is 50.6 Å². The Morgan fingerprint density at radius 2 is 1.62 bits per heavy atom. The SMILES string of the molecule is CC(C)Oc1cc(OCc2ccccc2)cc(C(=O)O)c1.CCC. The molecule has 0 bridgehead atoms. The molecule has 0 aliphatic rings. The third-order valence-electron chi connectivity index (χ3n) is 2.75. The fraction of sp³-hybridized carbons (Fsp3) is 0.350. The van der Waals surface area contributed by atoms with Crippen molar-refractivity contribution in [3.05, 3.63) is 59.7 Å². The van der Waals surface area contributed by atoms with Gasteiger partial charge in [0.15, 0.2) is 0 Å². The molecule has 130 valence electrons. The number of carboxylic acid groups (broad SMARTS) is 1. The van der Waals surface area contributed by atoms with Gasteiger partial charge >= 0.3 is 5.97 Å². The first-order valence-electron chi connectivity index (χ1n) is 8.18. The average Bonchev–Trinajstić information content (AvgIpc) is 2.54. The van der Waals surface area contributed by atoms with Crippen molar-refractivity contribution in [2.45, 2.75) is 46.8 Å². The molecule has 0 amide bonds. The fourth-order valence-corrected chi connectivity index (χ4v) is 1.86. The highest BCUT2D eigenvalue weighted by Crippen LogP contribution is 2.24. The van der Waals surface area contributed by atoms with Crippen LogP contribution in [0.1, 0.15) is 50.0 Å². The van der Waals surface area contributed by atoms with E-state index in [9.17, 15) is 4.79 Å². The van der Waals surface area contributed by atoms with Crippen LogP contribution < -0.4 is 9.47 Å². The van der Waals surface area contributed by atoms with Crippen molar-refractivity contribution >= 4 is 5.97 Å². The molecule has 24 heavy (non-hydrogen) atoms. The van der Waals surface area contributed by atoms with E-state index < -0.39 is 5.97 Å². The molecule has 0 spiro atoms. The Kier molecular flexibility index (Phi) is 8.41. The Balaban J connectivity index is 0.000000891. The van der Waals surface area contributed by atoms with Gasteiger partial charge in [-0.3, -0.25) is 0 Å². The minimum Gasteiger partial charge on any atom is -0.491 e. The van der Waals surface area contributed by atoms with E-state index in [0.29, 0.717) is 18.1 Å². The Morgan fingerprint density at radius 3 is 2.17 bits per heavy atom. The number of ether oxygens (including phenoxy) is 2. The summed E-state index contributed by atoms with van der Waals surface area (Å²) in [6.07, 6.45) is 1.22. The fourth-order valence-electron chi connectivity index (χ4n) is 1.86. The molecule has 1 N–H and O–H groups in total. The number of carboxylic acids is 1. The normalized spacial score (nSPS) is 9.88. The number of hydrogen-bond donors (Lipinski definition) is 1. The number of aromatic carboxylic acids is 1. The number of benzene rings is 2. The third kappa shape index (κ3) is 7.18. The van der Waals surface area contributed by atoms with E-state index in [4.69, 9.17) is 14.6 Å². The molecule has 4 heteroatoms. The van der Waals surface area contributed by atoms with Gasteiger partial charge in [-0.05, 0) is 31.5 Å². The van der Waals surface area contributed by atoms with Crippen LogP contribution in [0.4, 0.5) is 0 Å². The van der Waals surface area contributed by atoms with Crippen LogP contribution in [0.3, 0.4) is 0 Å². The first-order valence-corrected chi connectivity index (χ1v) is 8.18. The van der Waals surface area contributed by atoms with E-state index in [-0.39, 0.29) is 11.7 Å². The Bertz CT molecular complexity index is 621. The predicted octanol–water partition coefficient (Wildman–Crippen LogP) is 5.17. The second-order valence-electron chi connectivity index (χ2n) is 5.65.